The zero-order chi connectivity index (χ0) is 17.8. The molecule has 4 rings (SSSR count). The maximum absolute atomic E-state index is 11.9. The first-order chi connectivity index (χ1) is 12.8. The van der Waals surface area contributed by atoms with Gasteiger partial charge in [-0.05, 0) is 23.1 Å². The lowest BCUT2D eigenvalue weighted by Gasteiger charge is -2.28. The quantitative estimate of drug-likeness (QED) is 0.899. The summed E-state index contributed by atoms with van der Waals surface area (Å²) in [5.41, 5.74) is 3.60. The monoisotopic (exact) mass is 352 g/mol. The predicted molar refractivity (Wildman–Crippen MR) is 98.8 cm³/mol. The van der Waals surface area contributed by atoms with Gasteiger partial charge < -0.3 is 14.8 Å². The Morgan fingerprint density at radius 1 is 0.962 bits per heavy atom. The third kappa shape index (κ3) is 3.89. The Morgan fingerprint density at radius 2 is 1.65 bits per heavy atom. The van der Waals surface area contributed by atoms with Gasteiger partial charge in [-0.15, -0.1) is 0 Å². The van der Waals surface area contributed by atoms with Gasteiger partial charge in [0.1, 0.15) is 6.10 Å². The number of nitrogens with zero attached hydrogens (tertiary/aromatic N) is 1. The van der Waals surface area contributed by atoms with Crippen LogP contribution in [0.5, 0.6) is 0 Å². The van der Waals surface area contributed by atoms with Gasteiger partial charge in [-0.2, -0.15) is 0 Å². The molecule has 0 spiro atoms. The van der Waals surface area contributed by atoms with Crippen LogP contribution in [0, 0.1) is 0 Å². The van der Waals surface area contributed by atoms with Gasteiger partial charge in [-0.3, -0.25) is 4.90 Å². The summed E-state index contributed by atoms with van der Waals surface area (Å²) in [5, 5.41) is 2.99. The molecule has 2 atom stereocenters. The van der Waals surface area contributed by atoms with Crippen LogP contribution in [0.1, 0.15) is 22.8 Å². The third-order valence-corrected chi connectivity index (χ3v) is 5.09. The number of carbonyl (C=O) groups excluding carboxylic acids is 1. The van der Waals surface area contributed by atoms with Crippen molar-refractivity contribution < 1.29 is 14.3 Å². The molecule has 1 amide bonds. The molecule has 136 valence electrons. The fourth-order valence-electron chi connectivity index (χ4n) is 3.71. The van der Waals surface area contributed by atoms with Gasteiger partial charge in [-0.1, -0.05) is 54.6 Å². The number of morpholine rings is 1. The minimum atomic E-state index is -0.338. The van der Waals surface area contributed by atoms with E-state index < -0.39 is 0 Å². The van der Waals surface area contributed by atoms with Crippen LogP contribution in [0.25, 0.3) is 0 Å². The fourth-order valence-corrected chi connectivity index (χ4v) is 3.71. The summed E-state index contributed by atoms with van der Waals surface area (Å²) < 4.78 is 11.0. The number of carbonyl (C=O) groups is 1. The lowest BCUT2D eigenvalue weighted by molar-refractivity contribution is 0.0340. The Hall–Kier alpha value is -2.37. The number of cyclic esters (lactones) is 1. The first-order valence-electron chi connectivity index (χ1n) is 9.18. The van der Waals surface area contributed by atoms with Crippen molar-refractivity contribution in [1.29, 1.82) is 0 Å². The minimum Gasteiger partial charge on any atom is -0.439 e. The highest BCUT2D eigenvalue weighted by atomic mass is 16.6. The molecule has 0 aliphatic carbocycles. The summed E-state index contributed by atoms with van der Waals surface area (Å²) in [4.78, 5) is 14.3. The molecular weight excluding hydrogens is 328 g/mol. The first kappa shape index (κ1) is 17.1. The number of amides is 1. The van der Waals surface area contributed by atoms with Gasteiger partial charge in [0.05, 0.1) is 19.3 Å². The number of rotatable bonds is 5. The van der Waals surface area contributed by atoms with Gasteiger partial charge in [0, 0.05) is 19.6 Å². The summed E-state index contributed by atoms with van der Waals surface area (Å²) in [6.07, 6.45) is 0.167. The number of nitrogens with one attached hydrogen (secondary N) is 1. The molecule has 2 aliphatic heterocycles. The second-order valence-electron chi connectivity index (χ2n) is 6.85. The third-order valence-electron chi connectivity index (χ3n) is 5.09. The molecule has 0 aromatic heterocycles. The number of ether oxygens (including phenoxy) is 2. The molecule has 1 N–H and O–H groups in total. The maximum Gasteiger partial charge on any atom is 0.408 e. The molecule has 2 aromatic rings. The van der Waals surface area contributed by atoms with Crippen molar-refractivity contribution in [2.45, 2.75) is 25.1 Å². The van der Waals surface area contributed by atoms with Gasteiger partial charge in [0.15, 0.2) is 0 Å². The van der Waals surface area contributed by atoms with Crippen LogP contribution in [-0.4, -0.2) is 43.3 Å². The molecule has 2 heterocycles. The van der Waals surface area contributed by atoms with E-state index in [9.17, 15) is 4.79 Å². The van der Waals surface area contributed by atoms with Crippen molar-refractivity contribution in [3.05, 3.63) is 71.3 Å². The number of alkyl carbamates (subject to hydrolysis) is 1. The van der Waals surface area contributed by atoms with E-state index in [1.165, 1.54) is 11.1 Å². The smallest absolute Gasteiger partial charge is 0.408 e. The number of benzene rings is 2. The molecular formula is C21H24N2O3. The lowest BCUT2D eigenvalue weighted by Crippen LogP contribution is -2.36. The molecule has 2 aliphatic rings. The van der Waals surface area contributed by atoms with Crippen molar-refractivity contribution in [3.8, 4) is 0 Å². The van der Waals surface area contributed by atoms with Crippen molar-refractivity contribution in [1.82, 2.24) is 10.2 Å². The predicted octanol–water partition coefficient (Wildman–Crippen LogP) is 2.91. The highest BCUT2D eigenvalue weighted by Crippen LogP contribution is 2.29. The van der Waals surface area contributed by atoms with E-state index in [-0.39, 0.29) is 18.2 Å². The van der Waals surface area contributed by atoms with Gasteiger partial charge >= 0.3 is 6.09 Å². The molecule has 2 fully saturated rings. The van der Waals surface area contributed by atoms with E-state index in [1.807, 2.05) is 30.3 Å². The van der Waals surface area contributed by atoms with E-state index in [0.717, 1.165) is 44.8 Å². The molecule has 0 bridgehead atoms. The molecule has 26 heavy (non-hydrogen) atoms. The molecule has 5 nitrogen and oxygen atoms in total. The second kappa shape index (κ2) is 7.89. The van der Waals surface area contributed by atoms with Gasteiger partial charge in [0.2, 0.25) is 0 Å². The van der Waals surface area contributed by atoms with Gasteiger partial charge in [0.25, 0.3) is 0 Å². The highest BCUT2D eigenvalue weighted by Gasteiger charge is 2.35. The summed E-state index contributed by atoms with van der Waals surface area (Å²) in [6, 6.07) is 18.4. The summed E-state index contributed by atoms with van der Waals surface area (Å²) in [6.45, 7) is 4.43. The molecule has 0 saturated carbocycles. The Labute approximate surface area is 153 Å². The Morgan fingerprint density at radius 3 is 2.42 bits per heavy atom. The SMILES string of the molecule is O=C1NC(Cc2ccccc2CN2CCOCC2)C(c2ccccc2)O1. The Bertz CT molecular complexity index is 744. The van der Waals surface area contributed by atoms with Crippen LogP contribution in [0.2, 0.25) is 0 Å². The van der Waals surface area contributed by atoms with Crippen molar-refractivity contribution >= 4 is 6.09 Å². The zero-order valence-electron chi connectivity index (χ0n) is 14.8. The topological polar surface area (TPSA) is 50.8 Å². The minimum absolute atomic E-state index is 0.0595. The molecule has 2 unspecified atom stereocenters. The number of hydrogen-bond donors (Lipinski definition) is 1. The van der Waals surface area contributed by atoms with Crippen LogP contribution < -0.4 is 5.32 Å². The van der Waals surface area contributed by atoms with Crippen molar-refractivity contribution in [2.75, 3.05) is 26.3 Å². The fraction of sp³-hybridized carbons (Fsp3) is 0.381. The van der Waals surface area contributed by atoms with E-state index in [1.54, 1.807) is 0 Å². The molecule has 0 radical (unpaired) electrons. The standard InChI is InChI=1S/C21H24N2O3/c24-21-22-19(20(26-21)16-6-2-1-3-7-16)14-17-8-4-5-9-18(17)15-23-10-12-25-13-11-23/h1-9,19-20H,10-15H2,(H,22,24). The second-order valence-corrected chi connectivity index (χ2v) is 6.85. The van der Waals surface area contributed by atoms with Gasteiger partial charge in [-0.25, -0.2) is 4.79 Å². The van der Waals surface area contributed by atoms with Crippen LogP contribution >= 0.6 is 0 Å². The molecule has 5 heteroatoms. The normalized spacial score (nSPS) is 23.5. The average molecular weight is 352 g/mol. The van der Waals surface area contributed by atoms with E-state index in [2.05, 4.69) is 34.5 Å². The lowest BCUT2D eigenvalue weighted by atomic mass is 9.94. The zero-order valence-corrected chi connectivity index (χ0v) is 14.8. The molecule has 2 aromatic carbocycles. The van der Waals surface area contributed by atoms with Crippen molar-refractivity contribution in [3.63, 3.8) is 0 Å². The Kier molecular flexibility index (Phi) is 5.18. The summed E-state index contributed by atoms with van der Waals surface area (Å²) >= 11 is 0. The Balaban J connectivity index is 1.51. The van der Waals surface area contributed by atoms with E-state index >= 15 is 0 Å². The largest absolute Gasteiger partial charge is 0.439 e. The number of hydrogen-bond acceptors (Lipinski definition) is 4. The van der Waals surface area contributed by atoms with Crippen LogP contribution in [0.3, 0.4) is 0 Å². The molecule has 2 saturated heterocycles. The van der Waals surface area contributed by atoms with Crippen molar-refractivity contribution in [2.24, 2.45) is 0 Å². The first-order valence-corrected chi connectivity index (χ1v) is 9.18. The van der Waals surface area contributed by atoms with E-state index in [4.69, 9.17) is 9.47 Å². The highest BCUT2D eigenvalue weighted by molar-refractivity contribution is 5.70. The van der Waals surface area contributed by atoms with Crippen LogP contribution in [0.4, 0.5) is 4.79 Å². The maximum atomic E-state index is 11.9. The van der Waals surface area contributed by atoms with Crippen LogP contribution in [0.15, 0.2) is 54.6 Å². The van der Waals surface area contributed by atoms with E-state index in [0.29, 0.717) is 0 Å². The summed E-state index contributed by atoms with van der Waals surface area (Å²) in [5.74, 6) is 0. The van der Waals surface area contributed by atoms with Crippen LogP contribution in [-0.2, 0) is 22.4 Å². The summed E-state index contributed by atoms with van der Waals surface area (Å²) in [7, 11) is 0. The average Bonchev–Trinajstić information content (AvgIpc) is 3.05.